The molecule has 1 aromatic heterocycles. The van der Waals surface area contributed by atoms with Gasteiger partial charge in [-0.2, -0.15) is 0 Å². The van der Waals surface area contributed by atoms with Crippen LogP contribution in [0, 0.1) is 0 Å². The Morgan fingerprint density at radius 3 is 2.52 bits per heavy atom. The second-order valence-electron chi connectivity index (χ2n) is 7.75. The van der Waals surface area contributed by atoms with Crippen LogP contribution in [0.25, 0.3) is 33.8 Å². The fourth-order valence-corrected chi connectivity index (χ4v) is 3.80. The molecule has 0 amide bonds. The first kappa shape index (κ1) is 20.3. The van der Waals surface area contributed by atoms with Crippen molar-refractivity contribution in [2.75, 3.05) is 0 Å². The molecule has 5 nitrogen and oxygen atoms in total. The molecule has 2 N–H and O–H groups in total. The van der Waals surface area contributed by atoms with Crippen molar-refractivity contribution in [1.29, 1.82) is 0 Å². The minimum Gasteiger partial charge on any atom is -0.508 e. The van der Waals surface area contributed by atoms with E-state index < -0.39 is 0 Å². The molecule has 0 fully saturated rings. The van der Waals surface area contributed by atoms with Crippen LogP contribution in [-0.4, -0.2) is 20.4 Å². The van der Waals surface area contributed by atoms with E-state index in [0.29, 0.717) is 16.9 Å². The van der Waals surface area contributed by atoms with Crippen LogP contribution < -0.4 is 5.69 Å². The molecular weight excluding hydrogens is 412 g/mol. The van der Waals surface area contributed by atoms with Gasteiger partial charge in [0.1, 0.15) is 5.75 Å². The summed E-state index contributed by atoms with van der Waals surface area (Å²) < 4.78 is 1.50. The zero-order chi connectivity index (χ0) is 22.8. The predicted octanol–water partition coefficient (Wildman–Crippen LogP) is 5.59. The van der Waals surface area contributed by atoms with E-state index in [0.717, 1.165) is 21.9 Å². The van der Waals surface area contributed by atoms with E-state index in [1.165, 1.54) is 10.6 Å². The number of phenolic OH excluding ortho intramolecular Hbond substituents is 1. The highest BCUT2D eigenvalue weighted by molar-refractivity contribution is 6.07. The molecular formula is C28H20N2O3. The van der Waals surface area contributed by atoms with E-state index in [1.54, 1.807) is 60.8 Å². The van der Waals surface area contributed by atoms with E-state index in [2.05, 4.69) is 4.98 Å². The summed E-state index contributed by atoms with van der Waals surface area (Å²) in [6.07, 6.45) is 4.85. The zero-order valence-corrected chi connectivity index (χ0v) is 17.6. The normalized spacial score (nSPS) is 11.3. The second-order valence-corrected chi connectivity index (χ2v) is 7.75. The smallest absolute Gasteiger partial charge is 0.330 e. The number of benzene rings is 4. The van der Waals surface area contributed by atoms with E-state index in [1.807, 2.05) is 42.5 Å². The number of fused-ring (bicyclic) bond motifs is 1. The number of H-pyrrole nitrogens is 1. The summed E-state index contributed by atoms with van der Waals surface area (Å²) in [5.41, 5.74) is 3.11. The molecule has 5 rings (SSSR count). The molecule has 4 aromatic carbocycles. The molecule has 0 atom stereocenters. The molecule has 1 heterocycles. The van der Waals surface area contributed by atoms with Crippen molar-refractivity contribution in [2.24, 2.45) is 0 Å². The number of nitrogens with zero attached hydrogens (tertiary/aromatic N) is 1. The lowest BCUT2D eigenvalue weighted by Crippen LogP contribution is -2.14. The van der Waals surface area contributed by atoms with Gasteiger partial charge >= 0.3 is 5.69 Å². The van der Waals surface area contributed by atoms with Crippen LogP contribution in [0.4, 0.5) is 0 Å². The number of allylic oxidation sites excluding steroid dienone is 1. The molecule has 0 aliphatic heterocycles. The molecule has 0 spiro atoms. The molecule has 0 unspecified atom stereocenters. The van der Waals surface area contributed by atoms with Crippen LogP contribution in [-0.2, 0) is 0 Å². The van der Waals surface area contributed by atoms with Gasteiger partial charge in [-0.25, -0.2) is 4.79 Å². The van der Waals surface area contributed by atoms with Crippen molar-refractivity contribution in [2.45, 2.75) is 0 Å². The molecule has 33 heavy (non-hydrogen) atoms. The van der Waals surface area contributed by atoms with Gasteiger partial charge in [0.2, 0.25) is 0 Å². The molecule has 0 saturated heterocycles. The number of rotatable bonds is 5. The summed E-state index contributed by atoms with van der Waals surface area (Å²) >= 11 is 0. The monoisotopic (exact) mass is 432 g/mol. The van der Waals surface area contributed by atoms with Gasteiger partial charge in [-0.1, -0.05) is 66.7 Å². The molecule has 0 aliphatic carbocycles. The van der Waals surface area contributed by atoms with Crippen LogP contribution in [0.5, 0.6) is 5.75 Å². The fourth-order valence-electron chi connectivity index (χ4n) is 3.80. The number of hydrogen-bond donors (Lipinski definition) is 2. The maximum Gasteiger partial charge on any atom is 0.330 e. The van der Waals surface area contributed by atoms with E-state index in [4.69, 9.17) is 0 Å². The van der Waals surface area contributed by atoms with Crippen molar-refractivity contribution >= 4 is 22.6 Å². The lowest BCUT2D eigenvalue weighted by Gasteiger charge is -2.04. The SMILES string of the molecule is O=C(C=Cc1cccc(O)c1)c1cccc(-n2cc(-c3ccc4ccccc4c3)[nH]c2=O)c1. The first-order chi connectivity index (χ1) is 16.1. The number of nitrogens with one attached hydrogen (secondary N) is 1. The maximum absolute atomic E-state index is 12.7. The van der Waals surface area contributed by atoms with E-state index in [-0.39, 0.29) is 17.2 Å². The Kier molecular flexibility index (Phi) is 5.21. The Labute approximate surface area is 189 Å². The summed E-state index contributed by atoms with van der Waals surface area (Å²) in [7, 11) is 0. The van der Waals surface area contributed by atoms with E-state index in [9.17, 15) is 14.7 Å². The number of aromatic hydroxyl groups is 1. The molecule has 160 valence electrons. The topological polar surface area (TPSA) is 75.1 Å². The number of ketones is 1. The maximum atomic E-state index is 12.7. The minimum atomic E-state index is -0.280. The van der Waals surface area contributed by atoms with Crippen LogP contribution in [0.1, 0.15) is 15.9 Å². The van der Waals surface area contributed by atoms with Gasteiger partial charge in [-0.15, -0.1) is 0 Å². The molecule has 5 heteroatoms. The standard InChI is InChI=1S/C28H20N2O3/c31-25-10-3-5-19(15-25)11-14-27(32)23-8-4-9-24(17-23)30-18-26(29-28(30)33)22-13-12-20-6-1-2-7-21(20)16-22/h1-18,31H,(H,29,33). The summed E-state index contributed by atoms with van der Waals surface area (Å²) in [6, 6.07) is 27.7. The van der Waals surface area contributed by atoms with E-state index >= 15 is 0 Å². The quantitative estimate of drug-likeness (QED) is 0.281. The molecule has 0 bridgehead atoms. The van der Waals surface area contributed by atoms with Crippen molar-refractivity contribution < 1.29 is 9.90 Å². The van der Waals surface area contributed by atoms with Gasteiger partial charge in [0, 0.05) is 17.3 Å². The molecule has 5 aromatic rings. The Balaban J connectivity index is 1.44. The molecule has 0 aliphatic rings. The lowest BCUT2D eigenvalue weighted by atomic mass is 10.1. The highest BCUT2D eigenvalue weighted by Gasteiger charge is 2.10. The number of carbonyl (C=O) groups is 1. The summed E-state index contributed by atoms with van der Waals surface area (Å²) in [6.45, 7) is 0. The number of aromatic amines is 1. The van der Waals surface area contributed by atoms with Crippen LogP contribution in [0.15, 0.2) is 108 Å². The predicted molar refractivity (Wildman–Crippen MR) is 131 cm³/mol. The Morgan fingerprint density at radius 2 is 1.67 bits per heavy atom. The largest absolute Gasteiger partial charge is 0.508 e. The van der Waals surface area contributed by atoms with Crippen molar-refractivity contribution in [3.05, 3.63) is 125 Å². The summed E-state index contributed by atoms with van der Waals surface area (Å²) in [5, 5.41) is 11.8. The van der Waals surface area contributed by atoms with Crippen molar-refractivity contribution in [3.63, 3.8) is 0 Å². The number of carbonyl (C=O) groups excluding carboxylic acids is 1. The highest BCUT2D eigenvalue weighted by Crippen LogP contribution is 2.23. The zero-order valence-electron chi connectivity index (χ0n) is 17.6. The Hall–Kier alpha value is -4.64. The third-order valence-electron chi connectivity index (χ3n) is 5.49. The third-order valence-corrected chi connectivity index (χ3v) is 5.49. The van der Waals surface area contributed by atoms with Gasteiger partial charge < -0.3 is 10.1 Å². The second kappa shape index (κ2) is 8.48. The fraction of sp³-hybridized carbons (Fsp3) is 0. The minimum absolute atomic E-state index is 0.139. The summed E-state index contributed by atoms with van der Waals surface area (Å²) in [5.74, 6) is -0.0563. The molecule has 0 radical (unpaired) electrons. The highest BCUT2D eigenvalue weighted by atomic mass is 16.3. The first-order valence-corrected chi connectivity index (χ1v) is 10.5. The van der Waals surface area contributed by atoms with Crippen molar-refractivity contribution in [3.8, 4) is 22.7 Å². The number of phenols is 1. The van der Waals surface area contributed by atoms with Gasteiger partial charge in [0.05, 0.1) is 11.4 Å². The third kappa shape index (κ3) is 4.25. The number of aromatic nitrogens is 2. The average molecular weight is 432 g/mol. The average Bonchev–Trinajstić information content (AvgIpc) is 3.24. The van der Waals surface area contributed by atoms with Gasteiger partial charge in [0.25, 0.3) is 0 Å². The van der Waals surface area contributed by atoms with Gasteiger partial charge in [0.15, 0.2) is 5.78 Å². The number of imidazole rings is 1. The van der Waals surface area contributed by atoms with Crippen LogP contribution >= 0.6 is 0 Å². The first-order valence-electron chi connectivity index (χ1n) is 10.5. The number of hydrogen-bond acceptors (Lipinski definition) is 3. The van der Waals surface area contributed by atoms with Gasteiger partial charge in [-0.3, -0.25) is 9.36 Å². The van der Waals surface area contributed by atoms with Crippen LogP contribution in [0.3, 0.4) is 0 Å². The Morgan fingerprint density at radius 1 is 0.848 bits per heavy atom. The summed E-state index contributed by atoms with van der Waals surface area (Å²) in [4.78, 5) is 28.3. The lowest BCUT2D eigenvalue weighted by molar-refractivity contribution is 0.104. The van der Waals surface area contributed by atoms with Crippen LogP contribution in [0.2, 0.25) is 0 Å². The van der Waals surface area contributed by atoms with Crippen molar-refractivity contribution in [1.82, 2.24) is 9.55 Å². The Bertz CT molecular complexity index is 1570. The molecule has 0 saturated carbocycles. The van der Waals surface area contributed by atoms with Gasteiger partial charge in [-0.05, 0) is 52.7 Å².